The Labute approximate surface area is 178 Å². The van der Waals surface area contributed by atoms with Crippen LogP contribution in [0.15, 0.2) is 53.5 Å². The van der Waals surface area contributed by atoms with Gasteiger partial charge < -0.3 is 25.4 Å². The van der Waals surface area contributed by atoms with Crippen LogP contribution in [0.3, 0.4) is 0 Å². The van der Waals surface area contributed by atoms with E-state index in [2.05, 4.69) is 27.0 Å². The van der Waals surface area contributed by atoms with Crippen LogP contribution in [-0.2, 0) is 11.2 Å². The van der Waals surface area contributed by atoms with Crippen molar-refractivity contribution in [3.63, 3.8) is 0 Å². The highest BCUT2D eigenvalue weighted by Crippen LogP contribution is 2.28. The fraction of sp³-hybridized carbons (Fsp3) is 0.391. The molecule has 0 aromatic heterocycles. The molecule has 0 saturated heterocycles. The molecule has 7 nitrogen and oxygen atoms in total. The van der Waals surface area contributed by atoms with Crippen LogP contribution in [-0.4, -0.2) is 45.2 Å². The molecule has 0 radical (unpaired) electrons. The zero-order valence-corrected chi connectivity index (χ0v) is 18.0. The second-order valence-corrected chi connectivity index (χ2v) is 6.56. The number of anilines is 1. The minimum atomic E-state index is -0.153. The summed E-state index contributed by atoms with van der Waals surface area (Å²) in [6.07, 6.45) is 1.81. The highest BCUT2D eigenvalue weighted by atomic mass is 16.5. The number of carbonyl (C=O) groups is 1. The molecule has 1 amide bonds. The lowest BCUT2D eigenvalue weighted by molar-refractivity contribution is -0.114. The summed E-state index contributed by atoms with van der Waals surface area (Å²) in [6.45, 7) is 6.07. The molecule has 0 aliphatic carbocycles. The Morgan fingerprint density at radius 3 is 2.53 bits per heavy atom. The van der Waals surface area contributed by atoms with Crippen molar-refractivity contribution in [2.24, 2.45) is 4.99 Å². The number of para-hydroxylation sites is 1. The van der Waals surface area contributed by atoms with Gasteiger partial charge in [0.05, 0.1) is 13.7 Å². The number of amides is 1. The maximum absolute atomic E-state index is 12.1. The predicted molar refractivity (Wildman–Crippen MR) is 122 cm³/mol. The Morgan fingerprint density at radius 1 is 1.03 bits per heavy atom. The van der Waals surface area contributed by atoms with Gasteiger partial charge in [-0.25, -0.2) is 4.99 Å². The molecule has 0 aliphatic heterocycles. The van der Waals surface area contributed by atoms with Crippen molar-refractivity contribution in [2.75, 3.05) is 38.7 Å². The van der Waals surface area contributed by atoms with Crippen LogP contribution in [0.1, 0.15) is 25.8 Å². The molecular formula is C23H32N4O3. The third kappa shape index (κ3) is 8.03. The standard InChI is InChI=1S/C23H32N4O3/c1-4-24-23(26-17-22(28)27-19-11-7-6-8-12-19)25-15-9-10-18-13-14-20(29-3)21(16-18)30-5-2/h6-8,11-14,16H,4-5,9-10,15,17H2,1-3H3,(H,27,28)(H2,24,25,26). The van der Waals surface area contributed by atoms with E-state index in [9.17, 15) is 4.79 Å². The van der Waals surface area contributed by atoms with E-state index in [1.165, 1.54) is 5.56 Å². The molecule has 2 rings (SSSR count). The lowest BCUT2D eigenvalue weighted by Crippen LogP contribution is -2.38. The maximum atomic E-state index is 12.1. The van der Waals surface area contributed by atoms with Gasteiger partial charge in [0.15, 0.2) is 17.5 Å². The zero-order valence-electron chi connectivity index (χ0n) is 18.0. The summed E-state index contributed by atoms with van der Waals surface area (Å²) in [7, 11) is 1.64. The van der Waals surface area contributed by atoms with Crippen LogP contribution in [0, 0.1) is 0 Å². The SMILES string of the molecule is CCNC(=NCC(=O)Nc1ccccc1)NCCCc1ccc(OC)c(OCC)c1. The quantitative estimate of drug-likeness (QED) is 0.300. The Morgan fingerprint density at radius 2 is 1.83 bits per heavy atom. The number of methoxy groups -OCH3 is 1. The van der Waals surface area contributed by atoms with Gasteiger partial charge in [-0.2, -0.15) is 0 Å². The van der Waals surface area contributed by atoms with E-state index in [0.29, 0.717) is 12.6 Å². The number of carbonyl (C=O) groups excluding carboxylic acids is 1. The summed E-state index contributed by atoms with van der Waals surface area (Å²) < 4.78 is 11.0. The third-order valence-electron chi connectivity index (χ3n) is 4.25. The Kier molecular flexibility index (Phi) is 10.1. The molecule has 2 aromatic rings. The van der Waals surface area contributed by atoms with Gasteiger partial charge >= 0.3 is 0 Å². The van der Waals surface area contributed by atoms with Crippen LogP contribution in [0.25, 0.3) is 0 Å². The van der Waals surface area contributed by atoms with E-state index in [1.807, 2.05) is 56.3 Å². The number of ether oxygens (including phenoxy) is 2. The van der Waals surface area contributed by atoms with Gasteiger partial charge in [0, 0.05) is 18.8 Å². The first-order valence-electron chi connectivity index (χ1n) is 10.3. The number of hydrogen-bond acceptors (Lipinski definition) is 4. The minimum absolute atomic E-state index is 0.0560. The minimum Gasteiger partial charge on any atom is -0.493 e. The topological polar surface area (TPSA) is 84.0 Å². The fourth-order valence-electron chi connectivity index (χ4n) is 2.86. The number of aryl methyl sites for hydroxylation is 1. The average molecular weight is 413 g/mol. The molecule has 3 N–H and O–H groups in total. The van der Waals surface area contributed by atoms with Gasteiger partial charge in [-0.15, -0.1) is 0 Å². The van der Waals surface area contributed by atoms with Crippen molar-refractivity contribution in [3.8, 4) is 11.5 Å². The zero-order chi connectivity index (χ0) is 21.6. The first-order valence-corrected chi connectivity index (χ1v) is 10.3. The lowest BCUT2D eigenvalue weighted by Gasteiger charge is -2.13. The summed E-state index contributed by atoms with van der Waals surface area (Å²) in [5.74, 6) is 1.99. The van der Waals surface area contributed by atoms with Crippen molar-refractivity contribution < 1.29 is 14.3 Å². The summed E-state index contributed by atoms with van der Waals surface area (Å²) in [4.78, 5) is 16.4. The number of benzene rings is 2. The molecule has 0 unspecified atom stereocenters. The van der Waals surface area contributed by atoms with E-state index in [1.54, 1.807) is 7.11 Å². The van der Waals surface area contributed by atoms with Crippen LogP contribution in [0.5, 0.6) is 11.5 Å². The van der Waals surface area contributed by atoms with Gasteiger partial charge in [-0.05, 0) is 56.5 Å². The number of rotatable bonds is 11. The molecule has 0 saturated carbocycles. The number of nitrogens with one attached hydrogen (secondary N) is 3. The molecule has 30 heavy (non-hydrogen) atoms. The number of guanidine groups is 1. The van der Waals surface area contributed by atoms with E-state index in [0.717, 1.165) is 43.1 Å². The van der Waals surface area contributed by atoms with Gasteiger partial charge in [0.25, 0.3) is 0 Å². The second kappa shape index (κ2) is 13.1. The Bertz CT molecular complexity index is 809. The summed E-state index contributed by atoms with van der Waals surface area (Å²) in [6, 6.07) is 15.4. The van der Waals surface area contributed by atoms with Crippen molar-refractivity contribution >= 4 is 17.6 Å². The molecule has 162 valence electrons. The van der Waals surface area contributed by atoms with Crippen LogP contribution >= 0.6 is 0 Å². The third-order valence-corrected chi connectivity index (χ3v) is 4.25. The Balaban J connectivity index is 1.80. The van der Waals surface area contributed by atoms with E-state index in [4.69, 9.17) is 9.47 Å². The fourth-order valence-corrected chi connectivity index (χ4v) is 2.86. The highest BCUT2D eigenvalue weighted by molar-refractivity contribution is 5.94. The number of hydrogen-bond donors (Lipinski definition) is 3. The molecule has 2 aromatic carbocycles. The molecule has 0 fully saturated rings. The smallest absolute Gasteiger partial charge is 0.246 e. The lowest BCUT2D eigenvalue weighted by atomic mass is 10.1. The van der Waals surface area contributed by atoms with E-state index in [-0.39, 0.29) is 12.5 Å². The monoisotopic (exact) mass is 412 g/mol. The Hall–Kier alpha value is -3.22. The molecule has 0 bridgehead atoms. The first-order chi connectivity index (χ1) is 14.7. The van der Waals surface area contributed by atoms with Crippen LogP contribution < -0.4 is 25.4 Å². The van der Waals surface area contributed by atoms with Gasteiger partial charge in [0.2, 0.25) is 5.91 Å². The summed E-state index contributed by atoms with van der Waals surface area (Å²) in [5, 5.41) is 9.27. The molecular weight excluding hydrogens is 380 g/mol. The largest absolute Gasteiger partial charge is 0.493 e. The maximum Gasteiger partial charge on any atom is 0.246 e. The molecule has 7 heteroatoms. The van der Waals surface area contributed by atoms with Crippen LogP contribution in [0.2, 0.25) is 0 Å². The molecule has 0 heterocycles. The van der Waals surface area contributed by atoms with Gasteiger partial charge in [0.1, 0.15) is 6.54 Å². The van der Waals surface area contributed by atoms with Crippen molar-refractivity contribution in [1.29, 1.82) is 0 Å². The predicted octanol–water partition coefficient (Wildman–Crippen LogP) is 3.22. The van der Waals surface area contributed by atoms with Gasteiger partial charge in [-0.3, -0.25) is 4.79 Å². The average Bonchev–Trinajstić information content (AvgIpc) is 2.76. The molecule has 0 aliphatic rings. The second-order valence-electron chi connectivity index (χ2n) is 6.56. The van der Waals surface area contributed by atoms with Crippen molar-refractivity contribution in [2.45, 2.75) is 26.7 Å². The van der Waals surface area contributed by atoms with Crippen LogP contribution in [0.4, 0.5) is 5.69 Å². The van der Waals surface area contributed by atoms with Crippen molar-refractivity contribution in [1.82, 2.24) is 10.6 Å². The number of nitrogens with zero attached hydrogens (tertiary/aromatic N) is 1. The molecule has 0 spiro atoms. The summed E-state index contributed by atoms with van der Waals surface area (Å²) in [5.41, 5.74) is 1.95. The van der Waals surface area contributed by atoms with Crippen molar-refractivity contribution in [3.05, 3.63) is 54.1 Å². The van der Waals surface area contributed by atoms with Gasteiger partial charge in [-0.1, -0.05) is 24.3 Å². The van der Waals surface area contributed by atoms with E-state index >= 15 is 0 Å². The summed E-state index contributed by atoms with van der Waals surface area (Å²) >= 11 is 0. The van der Waals surface area contributed by atoms with E-state index < -0.39 is 0 Å². The normalized spacial score (nSPS) is 11.0. The first kappa shape index (κ1) is 23.1. The highest BCUT2D eigenvalue weighted by Gasteiger charge is 2.06. The number of aliphatic imine (C=N–C) groups is 1. The molecule has 0 atom stereocenters.